The van der Waals surface area contributed by atoms with E-state index in [1.807, 2.05) is 48.5 Å². The lowest BCUT2D eigenvalue weighted by atomic mass is 10.1. The number of aromatic nitrogens is 1. The van der Waals surface area contributed by atoms with Gasteiger partial charge in [-0.3, -0.25) is 9.78 Å². The number of anilines is 2. The number of ether oxygens (including phenoxy) is 1. The van der Waals surface area contributed by atoms with E-state index < -0.39 is 0 Å². The molecule has 35 heavy (non-hydrogen) atoms. The highest BCUT2D eigenvalue weighted by Gasteiger charge is 2.23. The molecule has 2 aromatic carbocycles. The Labute approximate surface area is 213 Å². The lowest BCUT2D eigenvalue weighted by Gasteiger charge is -2.36. The molecule has 1 saturated heterocycles. The average Bonchev–Trinajstić information content (AvgIpc) is 2.90. The summed E-state index contributed by atoms with van der Waals surface area (Å²) in [5.74, 6) is 0.641. The highest BCUT2D eigenvalue weighted by molar-refractivity contribution is 6.39. The summed E-state index contributed by atoms with van der Waals surface area (Å²) in [6, 6.07) is 14.8. The van der Waals surface area contributed by atoms with Gasteiger partial charge in [-0.1, -0.05) is 35.3 Å². The van der Waals surface area contributed by atoms with Crippen molar-refractivity contribution in [1.29, 1.82) is 0 Å². The summed E-state index contributed by atoms with van der Waals surface area (Å²) in [6.45, 7) is 2.83. The molecule has 4 rings (SSSR count). The van der Waals surface area contributed by atoms with Gasteiger partial charge in [0.25, 0.3) is 5.91 Å². The highest BCUT2D eigenvalue weighted by atomic mass is 35.5. The SMILES string of the molecule is COc1ccc(CNC(=O)c2ccc(N3CCN(C(=O)Nc4c(Cl)cncc4Cl)CC3)cc2)cc1. The van der Waals surface area contributed by atoms with Crippen molar-refractivity contribution in [2.24, 2.45) is 0 Å². The summed E-state index contributed by atoms with van der Waals surface area (Å²) >= 11 is 12.2. The third-order valence-corrected chi connectivity index (χ3v) is 6.33. The lowest BCUT2D eigenvalue weighted by Crippen LogP contribution is -2.50. The van der Waals surface area contributed by atoms with Crippen molar-refractivity contribution in [3.8, 4) is 5.75 Å². The van der Waals surface area contributed by atoms with E-state index in [-0.39, 0.29) is 22.0 Å². The molecule has 1 aliphatic rings. The summed E-state index contributed by atoms with van der Waals surface area (Å²) in [4.78, 5) is 32.9. The zero-order valence-electron chi connectivity index (χ0n) is 19.1. The van der Waals surface area contributed by atoms with Gasteiger partial charge in [-0.2, -0.15) is 0 Å². The molecule has 0 radical (unpaired) electrons. The van der Waals surface area contributed by atoms with E-state index in [9.17, 15) is 9.59 Å². The quantitative estimate of drug-likeness (QED) is 0.499. The molecule has 0 saturated carbocycles. The van der Waals surface area contributed by atoms with Gasteiger partial charge in [-0.25, -0.2) is 4.79 Å². The Morgan fingerprint density at radius 3 is 2.17 bits per heavy atom. The minimum Gasteiger partial charge on any atom is -0.497 e. The fourth-order valence-electron chi connectivity index (χ4n) is 3.74. The molecule has 0 unspecified atom stereocenters. The smallest absolute Gasteiger partial charge is 0.322 e. The molecule has 1 aliphatic heterocycles. The Kier molecular flexibility index (Phi) is 7.94. The van der Waals surface area contributed by atoms with Crippen LogP contribution in [0.3, 0.4) is 0 Å². The number of carbonyl (C=O) groups excluding carboxylic acids is 2. The third-order valence-electron chi connectivity index (χ3n) is 5.76. The summed E-state index contributed by atoms with van der Waals surface area (Å²) < 4.78 is 5.15. The number of amides is 3. The zero-order chi connectivity index (χ0) is 24.8. The number of halogens is 2. The molecule has 2 heterocycles. The Balaban J connectivity index is 1.27. The summed E-state index contributed by atoms with van der Waals surface area (Å²) in [6.07, 6.45) is 2.87. The van der Waals surface area contributed by atoms with E-state index in [2.05, 4.69) is 20.5 Å². The second-order valence-corrected chi connectivity index (χ2v) is 8.77. The van der Waals surface area contributed by atoms with Crippen LogP contribution in [0.15, 0.2) is 60.9 Å². The number of hydrogen-bond donors (Lipinski definition) is 2. The number of rotatable bonds is 6. The van der Waals surface area contributed by atoms with E-state index in [4.69, 9.17) is 27.9 Å². The zero-order valence-corrected chi connectivity index (χ0v) is 20.6. The highest BCUT2D eigenvalue weighted by Crippen LogP contribution is 2.29. The van der Waals surface area contributed by atoms with E-state index >= 15 is 0 Å². The van der Waals surface area contributed by atoms with E-state index in [1.54, 1.807) is 12.0 Å². The second kappa shape index (κ2) is 11.3. The fraction of sp³-hybridized carbons (Fsp3) is 0.240. The van der Waals surface area contributed by atoms with Crippen LogP contribution in [0.2, 0.25) is 10.0 Å². The monoisotopic (exact) mass is 513 g/mol. The molecule has 3 aromatic rings. The van der Waals surface area contributed by atoms with E-state index in [0.717, 1.165) is 17.0 Å². The topological polar surface area (TPSA) is 86.8 Å². The molecular formula is C25H25Cl2N5O3. The Morgan fingerprint density at radius 2 is 1.57 bits per heavy atom. The van der Waals surface area contributed by atoms with Crippen LogP contribution in [0, 0.1) is 0 Å². The van der Waals surface area contributed by atoms with Gasteiger partial charge in [0.1, 0.15) is 5.75 Å². The van der Waals surface area contributed by atoms with Crippen LogP contribution in [0.4, 0.5) is 16.2 Å². The van der Waals surface area contributed by atoms with Crippen molar-refractivity contribution >= 4 is 46.5 Å². The van der Waals surface area contributed by atoms with Crippen LogP contribution >= 0.6 is 23.2 Å². The van der Waals surface area contributed by atoms with Crippen molar-refractivity contribution in [2.45, 2.75) is 6.54 Å². The standard InChI is InChI=1S/C25H25Cl2N5O3/c1-35-20-8-2-17(3-9-20)14-29-24(33)18-4-6-19(7-5-18)31-10-12-32(13-11-31)25(34)30-23-21(26)15-28-16-22(23)27/h2-9,15-16H,10-14H2,1H3,(H,29,33)(H,28,30,34). The number of piperazine rings is 1. The van der Waals surface area contributed by atoms with Gasteiger partial charge in [0.05, 0.1) is 22.8 Å². The molecule has 8 nitrogen and oxygen atoms in total. The van der Waals surface area contributed by atoms with Crippen LogP contribution in [0.1, 0.15) is 15.9 Å². The number of urea groups is 1. The molecule has 0 bridgehead atoms. The first kappa shape index (κ1) is 24.6. The van der Waals surface area contributed by atoms with Crippen LogP contribution < -0.4 is 20.3 Å². The summed E-state index contributed by atoms with van der Waals surface area (Å²) in [5, 5.41) is 6.28. The maximum atomic E-state index is 12.6. The maximum Gasteiger partial charge on any atom is 0.322 e. The first-order chi connectivity index (χ1) is 16.9. The van der Waals surface area contributed by atoms with Crippen LogP contribution in [-0.2, 0) is 6.54 Å². The summed E-state index contributed by atoms with van der Waals surface area (Å²) in [7, 11) is 1.62. The third kappa shape index (κ3) is 6.15. The first-order valence-electron chi connectivity index (χ1n) is 11.1. The molecular weight excluding hydrogens is 489 g/mol. The Bertz CT molecular complexity index is 1160. The van der Waals surface area contributed by atoms with Gasteiger partial charge in [-0.05, 0) is 42.0 Å². The Morgan fingerprint density at radius 1 is 0.943 bits per heavy atom. The number of methoxy groups -OCH3 is 1. The van der Waals surface area contributed by atoms with Gasteiger partial charge in [0.2, 0.25) is 0 Å². The average molecular weight is 514 g/mol. The number of nitrogens with one attached hydrogen (secondary N) is 2. The molecule has 0 spiro atoms. The largest absolute Gasteiger partial charge is 0.497 e. The first-order valence-corrected chi connectivity index (χ1v) is 11.8. The van der Waals surface area contributed by atoms with Gasteiger partial charge in [0, 0.05) is 56.4 Å². The van der Waals surface area contributed by atoms with Crippen LogP contribution in [0.5, 0.6) is 5.75 Å². The van der Waals surface area contributed by atoms with Crippen molar-refractivity contribution in [3.63, 3.8) is 0 Å². The second-order valence-electron chi connectivity index (χ2n) is 7.96. The predicted molar refractivity (Wildman–Crippen MR) is 138 cm³/mol. The molecule has 1 aromatic heterocycles. The van der Waals surface area contributed by atoms with Crippen LogP contribution in [-0.4, -0.2) is 55.1 Å². The molecule has 2 N–H and O–H groups in total. The maximum absolute atomic E-state index is 12.6. The van der Waals surface area contributed by atoms with Gasteiger partial charge in [-0.15, -0.1) is 0 Å². The normalized spacial score (nSPS) is 13.3. The number of carbonyl (C=O) groups is 2. The molecule has 10 heteroatoms. The molecule has 182 valence electrons. The number of nitrogens with zero attached hydrogens (tertiary/aromatic N) is 3. The fourth-order valence-corrected chi connectivity index (χ4v) is 4.20. The molecule has 0 atom stereocenters. The van der Waals surface area contributed by atoms with Crippen molar-refractivity contribution in [1.82, 2.24) is 15.2 Å². The number of hydrogen-bond acceptors (Lipinski definition) is 5. The minimum atomic E-state index is -0.261. The van der Waals surface area contributed by atoms with Crippen LogP contribution in [0.25, 0.3) is 0 Å². The lowest BCUT2D eigenvalue weighted by molar-refractivity contribution is 0.0951. The molecule has 0 aliphatic carbocycles. The molecule has 1 fully saturated rings. The predicted octanol–water partition coefficient (Wildman–Crippen LogP) is 4.68. The molecule has 3 amide bonds. The van der Waals surface area contributed by atoms with Crippen molar-refractivity contribution in [2.75, 3.05) is 43.5 Å². The van der Waals surface area contributed by atoms with Crippen molar-refractivity contribution in [3.05, 3.63) is 82.1 Å². The summed E-state index contributed by atoms with van der Waals surface area (Å²) in [5.41, 5.74) is 2.94. The number of benzene rings is 2. The Hall–Kier alpha value is -3.49. The van der Waals surface area contributed by atoms with E-state index in [1.165, 1.54) is 12.4 Å². The van der Waals surface area contributed by atoms with Gasteiger partial charge < -0.3 is 25.2 Å². The van der Waals surface area contributed by atoms with Gasteiger partial charge in [0.15, 0.2) is 0 Å². The van der Waals surface area contributed by atoms with Crippen molar-refractivity contribution < 1.29 is 14.3 Å². The number of pyridine rings is 1. The van der Waals surface area contributed by atoms with Gasteiger partial charge >= 0.3 is 6.03 Å². The minimum absolute atomic E-state index is 0.137. The van der Waals surface area contributed by atoms with E-state index in [0.29, 0.717) is 44.0 Å².